The van der Waals surface area contributed by atoms with Gasteiger partial charge in [0.15, 0.2) is 11.5 Å². The Hall–Kier alpha value is -2.05. The number of carbonyl (C=O) groups excluding carboxylic acids is 1. The fraction of sp³-hybridized carbons (Fsp3) is 0.176. The first kappa shape index (κ1) is 18.3. The molecule has 1 N–H and O–H groups in total. The van der Waals surface area contributed by atoms with E-state index in [0.29, 0.717) is 38.7 Å². The fourth-order valence-electron chi connectivity index (χ4n) is 1.94. The molecule has 2 rings (SSSR count). The molecule has 0 radical (unpaired) electrons. The first-order chi connectivity index (χ1) is 11.6. The van der Waals surface area contributed by atoms with Crippen molar-refractivity contribution in [3.8, 4) is 11.5 Å². The molecule has 0 aliphatic heterocycles. The van der Waals surface area contributed by atoms with Gasteiger partial charge in [-0.05, 0) is 41.1 Å². The predicted molar refractivity (Wildman–Crippen MR) is 98.4 cm³/mol. The third-order valence-electron chi connectivity index (χ3n) is 3.06. The van der Waals surface area contributed by atoms with E-state index < -0.39 is 0 Å². The van der Waals surface area contributed by atoms with Crippen molar-refractivity contribution in [2.75, 3.05) is 13.7 Å². The average molecular weight is 412 g/mol. The molecule has 0 fully saturated rings. The summed E-state index contributed by atoms with van der Waals surface area (Å²) in [6, 6.07) is 10.4. The molecule has 0 atom stereocenters. The summed E-state index contributed by atoms with van der Waals surface area (Å²) in [5.41, 5.74) is 3.56. The smallest absolute Gasteiger partial charge is 0.271 e. The highest BCUT2D eigenvalue weighted by atomic mass is 79.9. The van der Waals surface area contributed by atoms with E-state index in [1.165, 1.54) is 13.3 Å². The Morgan fingerprint density at radius 2 is 2.12 bits per heavy atom. The van der Waals surface area contributed by atoms with E-state index in [1.807, 2.05) is 19.1 Å². The normalized spacial score (nSPS) is 10.7. The molecular weight excluding hydrogens is 396 g/mol. The lowest BCUT2D eigenvalue weighted by Crippen LogP contribution is -2.18. The zero-order valence-electron chi connectivity index (χ0n) is 13.2. The second-order valence-electron chi connectivity index (χ2n) is 4.64. The number of rotatable bonds is 6. The Morgan fingerprint density at radius 1 is 1.38 bits per heavy atom. The summed E-state index contributed by atoms with van der Waals surface area (Å²) in [6.07, 6.45) is 1.49. The molecule has 0 aliphatic rings. The average Bonchev–Trinajstić information content (AvgIpc) is 2.58. The number of ether oxygens (including phenoxy) is 2. The van der Waals surface area contributed by atoms with Crippen LogP contribution < -0.4 is 14.9 Å². The van der Waals surface area contributed by atoms with Crippen molar-refractivity contribution in [2.45, 2.75) is 6.92 Å². The van der Waals surface area contributed by atoms with Crippen molar-refractivity contribution in [3.63, 3.8) is 0 Å². The van der Waals surface area contributed by atoms with Crippen LogP contribution in [-0.4, -0.2) is 25.8 Å². The van der Waals surface area contributed by atoms with Gasteiger partial charge < -0.3 is 9.47 Å². The Bertz CT molecular complexity index is 765. The second-order valence-corrected chi connectivity index (χ2v) is 5.90. The van der Waals surface area contributed by atoms with Crippen molar-refractivity contribution in [1.29, 1.82) is 0 Å². The minimum Gasteiger partial charge on any atom is -0.493 e. The number of hydrogen-bond acceptors (Lipinski definition) is 4. The summed E-state index contributed by atoms with van der Waals surface area (Å²) in [5.74, 6) is 0.642. The molecule has 2 aromatic carbocycles. The maximum Gasteiger partial charge on any atom is 0.271 e. The standard InChI is InChI=1S/C17H16BrClN2O3/c1-3-24-16-13(18)8-12(9-15(16)23-2)17(22)21-20-10-11-6-4-5-7-14(11)19/h4-10H,3H2,1-2H3,(H,21,22)/b20-10-. The van der Waals surface area contributed by atoms with Gasteiger partial charge in [0.05, 0.1) is 24.4 Å². The van der Waals surface area contributed by atoms with Crippen molar-refractivity contribution in [1.82, 2.24) is 5.43 Å². The van der Waals surface area contributed by atoms with Crippen molar-refractivity contribution in [2.24, 2.45) is 5.10 Å². The van der Waals surface area contributed by atoms with Crippen LogP contribution in [0.5, 0.6) is 11.5 Å². The molecule has 24 heavy (non-hydrogen) atoms. The number of hydrogen-bond donors (Lipinski definition) is 1. The SMILES string of the molecule is CCOc1c(Br)cc(C(=O)N/N=C\c2ccccc2Cl)cc1OC. The summed E-state index contributed by atoms with van der Waals surface area (Å²) in [4.78, 5) is 12.2. The van der Waals surface area contributed by atoms with Crippen LogP contribution in [0.1, 0.15) is 22.8 Å². The van der Waals surface area contributed by atoms with Crippen LogP contribution in [-0.2, 0) is 0 Å². The largest absolute Gasteiger partial charge is 0.493 e. The lowest BCUT2D eigenvalue weighted by molar-refractivity contribution is 0.0954. The number of amides is 1. The molecule has 2 aromatic rings. The third kappa shape index (κ3) is 4.49. The van der Waals surface area contributed by atoms with Gasteiger partial charge in [0.2, 0.25) is 0 Å². The van der Waals surface area contributed by atoms with E-state index in [2.05, 4.69) is 26.5 Å². The topological polar surface area (TPSA) is 59.9 Å². The van der Waals surface area contributed by atoms with Crippen LogP contribution in [0.3, 0.4) is 0 Å². The van der Waals surface area contributed by atoms with Crippen LogP contribution in [0.15, 0.2) is 46.0 Å². The van der Waals surface area contributed by atoms with Crippen LogP contribution in [0.2, 0.25) is 5.02 Å². The van der Waals surface area contributed by atoms with Gasteiger partial charge in [0, 0.05) is 16.1 Å². The quantitative estimate of drug-likeness (QED) is 0.570. The number of methoxy groups -OCH3 is 1. The predicted octanol–water partition coefficient (Wildman–Crippen LogP) is 4.27. The number of hydrazone groups is 1. The lowest BCUT2D eigenvalue weighted by Gasteiger charge is -2.12. The molecule has 0 spiro atoms. The molecule has 1 amide bonds. The van der Waals surface area contributed by atoms with Gasteiger partial charge in [-0.1, -0.05) is 29.8 Å². The minimum absolute atomic E-state index is 0.375. The highest BCUT2D eigenvalue weighted by Gasteiger charge is 2.15. The molecule has 7 heteroatoms. The van der Waals surface area contributed by atoms with Gasteiger partial charge in [0.1, 0.15) is 0 Å². The molecule has 0 unspecified atom stereocenters. The van der Waals surface area contributed by atoms with E-state index in [0.717, 1.165) is 0 Å². The Labute approximate surface area is 153 Å². The van der Waals surface area contributed by atoms with Crippen molar-refractivity contribution in [3.05, 3.63) is 57.0 Å². The van der Waals surface area contributed by atoms with E-state index in [4.69, 9.17) is 21.1 Å². The summed E-state index contributed by atoms with van der Waals surface area (Å²) in [6.45, 7) is 2.36. The van der Waals surface area contributed by atoms with Gasteiger partial charge in [-0.25, -0.2) is 5.43 Å². The summed E-state index contributed by atoms with van der Waals surface area (Å²) in [7, 11) is 1.52. The van der Waals surface area contributed by atoms with Gasteiger partial charge >= 0.3 is 0 Å². The Balaban J connectivity index is 2.15. The molecule has 0 saturated heterocycles. The maximum absolute atomic E-state index is 12.2. The van der Waals surface area contributed by atoms with Crippen LogP contribution >= 0.6 is 27.5 Å². The van der Waals surface area contributed by atoms with Gasteiger partial charge in [-0.2, -0.15) is 5.10 Å². The van der Waals surface area contributed by atoms with Gasteiger partial charge in [0.25, 0.3) is 5.91 Å². The fourth-order valence-corrected chi connectivity index (χ4v) is 2.68. The van der Waals surface area contributed by atoms with Crippen molar-refractivity contribution >= 4 is 39.7 Å². The molecule has 0 aliphatic carbocycles. The number of nitrogens with zero attached hydrogens (tertiary/aromatic N) is 1. The summed E-state index contributed by atoms with van der Waals surface area (Å²) >= 11 is 9.41. The summed E-state index contributed by atoms with van der Waals surface area (Å²) < 4.78 is 11.4. The molecular formula is C17H16BrClN2O3. The van der Waals surface area contributed by atoms with E-state index in [-0.39, 0.29) is 5.91 Å². The first-order valence-corrected chi connectivity index (χ1v) is 8.32. The monoisotopic (exact) mass is 410 g/mol. The van der Waals surface area contributed by atoms with E-state index in [9.17, 15) is 4.79 Å². The van der Waals surface area contributed by atoms with Gasteiger partial charge in [-0.3, -0.25) is 4.79 Å². The molecule has 0 aromatic heterocycles. The zero-order chi connectivity index (χ0) is 17.5. The van der Waals surface area contributed by atoms with Crippen LogP contribution in [0, 0.1) is 0 Å². The molecule has 5 nitrogen and oxygen atoms in total. The lowest BCUT2D eigenvalue weighted by atomic mass is 10.2. The zero-order valence-corrected chi connectivity index (χ0v) is 15.5. The minimum atomic E-state index is -0.375. The van der Waals surface area contributed by atoms with Crippen LogP contribution in [0.25, 0.3) is 0 Å². The highest BCUT2D eigenvalue weighted by Crippen LogP contribution is 2.36. The Morgan fingerprint density at radius 3 is 2.79 bits per heavy atom. The molecule has 0 saturated carbocycles. The van der Waals surface area contributed by atoms with Crippen LogP contribution in [0.4, 0.5) is 0 Å². The van der Waals surface area contributed by atoms with E-state index in [1.54, 1.807) is 24.3 Å². The Kier molecular flexibility index (Phi) is 6.63. The first-order valence-electron chi connectivity index (χ1n) is 7.15. The van der Waals surface area contributed by atoms with Crippen molar-refractivity contribution < 1.29 is 14.3 Å². The third-order valence-corrected chi connectivity index (χ3v) is 3.99. The summed E-state index contributed by atoms with van der Waals surface area (Å²) in [5, 5.41) is 4.48. The molecule has 0 heterocycles. The van der Waals surface area contributed by atoms with E-state index >= 15 is 0 Å². The van der Waals surface area contributed by atoms with Gasteiger partial charge in [-0.15, -0.1) is 0 Å². The second kappa shape index (κ2) is 8.70. The molecule has 0 bridgehead atoms. The molecule has 126 valence electrons. The number of carbonyl (C=O) groups is 1. The highest BCUT2D eigenvalue weighted by molar-refractivity contribution is 9.10. The number of benzene rings is 2. The number of nitrogens with one attached hydrogen (secondary N) is 1. The number of halogens is 2. The maximum atomic E-state index is 12.2.